The molecule has 0 atom stereocenters. The van der Waals surface area contributed by atoms with Gasteiger partial charge in [0.15, 0.2) is 0 Å². The van der Waals surface area contributed by atoms with Gasteiger partial charge >= 0.3 is 6.18 Å². The fourth-order valence-corrected chi connectivity index (χ4v) is 3.09. The standard InChI is InChI=1S/C19H19F3N2O2/c1-26-15-7-6-13-8-9-24(11-14(13)10-15)12-18(25)23-17-5-3-2-4-16(17)19(20,21)22/h2-7,10H,8-9,11-12H2,1H3,(H,23,25). The number of carbonyl (C=O) groups excluding carboxylic acids is 1. The normalized spacial score (nSPS) is 14.6. The van der Waals surface area contributed by atoms with Gasteiger partial charge in [0.2, 0.25) is 5.91 Å². The minimum Gasteiger partial charge on any atom is -0.497 e. The van der Waals surface area contributed by atoms with Gasteiger partial charge in [-0.1, -0.05) is 18.2 Å². The number of nitrogens with one attached hydrogen (secondary N) is 1. The molecule has 1 N–H and O–H groups in total. The molecule has 3 rings (SSSR count). The van der Waals surface area contributed by atoms with Crippen LogP contribution in [0.3, 0.4) is 0 Å². The van der Waals surface area contributed by atoms with Gasteiger partial charge in [-0.3, -0.25) is 9.69 Å². The number of anilines is 1. The lowest BCUT2D eigenvalue weighted by atomic mass is 9.99. The molecule has 2 aromatic carbocycles. The van der Waals surface area contributed by atoms with Crippen molar-refractivity contribution in [1.82, 2.24) is 4.90 Å². The Bertz CT molecular complexity index is 806. The van der Waals surface area contributed by atoms with Gasteiger partial charge in [0.1, 0.15) is 5.75 Å². The topological polar surface area (TPSA) is 41.6 Å². The third kappa shape index (κ3) is 4.16. The van der Waals surface area contributed by atoms with E-state index in [1.807, 2.05) is 23.1 Å². The second-order valence-electron chi connectivity index (χ2n) is 6.19. The maximum absolute atomic E-state index is 13.0. The van der Waals surface area contributed by atoms with Crippen molar-refractivity contribution in [3.63, 3.8) is 0 Å². The minimum atomic E-state index is -4.51. The van der Waals surface area contributed by atoms with Crippen molar-refractivity contribution in [3.05, 3.63) is 59.2 Å². The zero-order valence-corrected chi connectivity index (χ0v) is 14.3. The third-order valence-corrected chi connectivity index (χ3v) is 4.38. The number of amides is 1. The molecule has 138 valence electrons. The Morgan fingerprint density at radius 2 is 1.96 bits per heavy atom. The molecule has 1 heterocycles. The van der Waals surface area contributed by atoms with Crippen LogP contribution >= 0.6 is 0 Å². The summed E-state index contributed by atoms with van der Waals surface area (Å²) in [5.74, 6) is 0.280. The van der Waals surface area contributed by atoms with Crippen molar-refractivity contribution in [2.24, 2.45) is 0 Å². The second-order valence-corrected chi connectivity index (χ2v) is 6.19. The number of rotatable bonds is 4. The monoisotopic (exact) mass is 364 g/mol. The number of halogens is 3. The molecule has 0 spiro atoms. The van der Waals surface area contributed by atoms with E-state index in [2.05, 4.69) is 5.32 Å². The van der Waals surface area contributed by atoms with Crippen LogP contribution in [0.25, 0.3) is 0 Å². The van der Waals surface area contributed by atoms with E-state index < -0.39 is 17.6 Å². The van der Waals surface area contributed by atoms with E-state index in [0.29, 0.717) is 13.1 Å². The van der Waals surface area contributed by atoms with E-state index in [0.717, 1.165) is 23.8 Å². The molecule has 0 unspecified atom stereocenters. The zero-order chi connectivity index (χ0) is 18.7. The highest BCUT2D eigenvalue weighted by Gasteiger charge is 2.33. The van der Waals surface area contributed by atoms with Crippen molar-refractivity contribution in [2.75, 3.05) is 25.5 Å². The van der Waals surface area contributed by atoms with Crippen LogP contribution in [0, 0.1) is 0 Å². The highest BCUT2D eigenvalue weighted by Crippen LogP contribution is 2.34. The van der Waals surface area contributed by atoms with Crippen LogP contribution in [0.4, 0.5) is 18.9 Å². The Hall–Kier alpha value is -2.54. The summed E-state index contributed by atoms with van der Waals surface area (Å²) in [5.41, 5.74) is 1.20. The lowest BCUT2D eigenvalue weighted by Gasteiger charge is -2.28. The predicted molar refractivity (Wildman–Crippen MR) is 92.0 cm³/mol. The van der Waals surface area contributed by atoms with Crippen molar-refractivity contribution in [2.45, 2.75) is 19.1 Å². The van der Waals surface area contributed by atoms with Crippen LogP contribution in [-0.4, -0.2) is 31.0 Å². The summed E-state index contributed by atoms with van der Waals surface area (Å²) in [5, 5.41) is 2.39. The Morgan fingerprint density at radius 3 is 2.69 bits per heavy atom. The van der Waals surface area contributed by atoms with Crippen molar-refractivity contribution in [1.29, 1.82) is 0 Å². The molecule has 1 aliphatic rings. The summed E-state index contributed by atoms with van der Waals surface area (Å²) in [6.45, 7) is 1.26. The molecule has 2 aromatic rings. The largest absolute Gasteiger partial charge is 0.497 e. The summed E-state index contributed by atoms with van der Waals surface area (Å²) in [6, 6.07) is 10.8. The first-order chi connectivity index (χ1) is 12.4. The van der Waals surface area contributed by atoms with Gasteiger partial charge in [-0.2, -0.15) is 13.2 Å². The maximum atomic E-state index is 13.0. The fourth-order valence-electron chi connectivity index (χ4n) is 3.09. The van der Waals surface area contributed by atoms with Gasteiger partial charge in [0, 0.05) is 13.1 Å². The number of fused-ring (bicyclic) bond motifs is 1. The fraction of sp³-hybridized carbons (Fsp3) is 0.316. The van der Waals surface area contributed by atoms with Gasteiger partial charge in [0.05, 0.1) is 24.9 Å². The number of methoxy groups -OCH3 is 1. The van der Waals surface area contributed by atoms with Gasteiger partial charge in [0.25, 0.3) is 0 Å². The van der Waals surface area contributed by atoms with E-state index in [1.54, 1.807) is 7.11 Å². The van der Waals surface area contributed by atoms with Crippen LogP contribution in [-0.2, 0) is 23.9 Å². The number of para-hydroxylation sites is 1. The zero-order valence-electron chi connectivity index (χ0n) is 14.3. The molecule has 0 bridgehead atoms. The SMILES string of the molecule is COc1ccc2c(c1)CN(CC(=O)Nc1ccccc1C(F)(F)F)CC2. The Balaban J connectivity index is 1.66. The molecule has 7 heteroatoms. The van der Waals surface area contributed by atoms with Crippen LogP contribution in [0.5, 0.6) is 5.75 Å². The van der Waals surface area contributed by atoms with Crippen molar-refractivity contribution in [3.8, 4) is 5.75 Å². The van der Waals surface area contributed by atoms with Crippen LogP contribution < -0.4 is 10.1 Å². The molecule has 0 fully saturated rings. The van der Waals surface area contributed by atoms with Gasteiger partial charge in [-0.05, 0) is 41.8 Å². The van der Waals surface area contributed by atoms with Crippen LogP contribution in [0.15, 0.2) is 42.5 Å². The van der Waals surface area contributed by atoms with Crippen LogP contribution in [0.1, 0.15) is 16.7 Å². The summed E-state index contributed by atoms with van der Waals surface area (Å²) in [6.07, 6.45) is -3.73. The average Bonchev–Trinajstić information content (AvgIpc) is 2.60. The quantitative estimate of drug-likeness (QED) is 0.899. The molecular weight excluding hydrogens is 345 g/mol. The molecule has 4 nitrogen and oxygen atoms in total. The minimum absolute atomic E-state index is 0.0306. The molecule has 26 heavy (non-hydrogen) atoms. The first-order valence-corrected chi connectivity index (χ1v) is 8.21. The first-order valence-electron chi connectivity index (χ1n) is 8.21. The Labute approximate surface area is 149 Å². The molecule has 0 saturated carbocycles. The maximum Gasteiger partial charge on any atom is 0.418 e. The summed E-state index contributed by atoms with van der Waals surface area (Å²) in [4.78, 5) is 14.2. The van der Waals surface area contributed by atoms with E-state index in [1.165, 1.54) is 23.8 Å². The Morgan fingerprint density at radius 1 is 1.19 bits per heavy atom. The van der Waals surface area contributed by atoms with Crippen molar-refractivity contribution >= 4 is 11.6 Å². The number of hydrogen-bond donors (Lipinski definition) is 1. The van der Waals surface area contributed by atoms with E-state index in [9.17, 15) is 18.0 Å². The number of hydrogen-bond acceptors (Lipinski definition) is 3. The molecule has 0 aliphatic carbocycles. The number of alkyl halides is 3. The number of carbonyl (C=O) groups is 1. The molecule has 0 aromatic heterocycles. The predicted octanol–water partition coefficient (Wildman–Crippen LogP) is 3.71. The van der Waals surface area contributed by atoms with E-state index >= 15 is 0 Å². The number of ether oxygens (including phenoxy) is 1. The van der Waals surface area contributed by atoms with E-state index in [-0.39, 0.29) is 12.2 Å². The van der Waals surface area contributed by atoms with E-state index in [4.69, 9.17) is 4.74 Å². The lowest BCUT2D eigenvalue weighted by Crippen LogP contribution is -2.37. The van der Waals surface area contributed by atoms with Crippen LogP contribution in [0.2, 0.25) is 0 Å². The molecule has 1 amide bonds. The van der Waals surface area contributed by atoms with Crippen molar-refractivity contribution < 1.29 is 22.7 Å². The smallest absolute Gasteiger partial charge is 0.418 e. The molecule has 1 aliphatic heterocycles. The van der Waals surface area contributed by atoms with Gasteiger partial charge < -0.3 is 10.1 Å². The first kappa shape index (κ1) is 18.3. The second kappa shape index (κ2) is 7.37. The summed E-state index contributed by atoms with van der Waals surface area (Å²) in [7, 11) is 1.59. The molecular formula is C19H19F3N2O2. The van der Waals surface area contributed by atoms with Gasteiger partial charge in [-0.15, -0.1) is 0 Å². The van der Waals surface area contributed by atoms with Gasteiger partial charge in [-0.25, -0.2) is 0 Å². The highest BCUT2D eigenvalue weighted by atomic mass is 19.4. The third-order valence-electron chi connectivity index (χ3n) is 4.38. The summed E-state index contributed by atoms with van der Waals surface area (Å²) >= 11 is 0. The lowest BCUT2D eigenvalue weighted by molar-refractivity contribution is -0.137. The summed E-state index contributed by atoms with van der Waals surface area (Å²) < 4.78 is 44.3. The Kier molecular flexibility index (Phi) is 5.18. The average molecular weight is 364 g/mol. The molecule has 0 saturated heterocycles. The number of benzene rings is 2. The highest BCUT2D eigenvalue weighted by molar-refractivity contribution is 5.93. The molecule has 0 radical (unpaired) electrons. The number of nitrogens with zero attached hydrogens (tertiary/aromatic N) is 1.